The molecular weight excluding hydrogens is 250 g/mol. The summed E-state index contributed by atoms with van der Waals surface area (Å²) >= 11 is 0. The topological polar surface area (TPSA) is 98.7 Å². The number of hydrogen-bond acceptors (Lipinski definition) is 3. The van der Waals surface area contributed by atoms with Gasteiger partial charge in [-0.1, -0.05) is 6.92 Å². The summed E-state index contributed by atoms with van der Waals surface area (Å²) in [5.41, 5.74) is 0. The highest BCUT2D eigenvalue weighted by molar-refractivity contribution is 5.78. The van der Waals surface area contributed by atoms with Crippen LogP contribution < -0.4 is 10.6 Å². The fourth-order valence-electron chi connectivity index (χ4n) is 2.05. The van der Waals surface area contributed by atoms with Crippen LogP contribution in [0.15, 0.2) is 0 Å². The molecule has 1 aliphatic rings. The van der Waals surface area contributed by atoms with Crippen molar-refractivity contribution < 1.29 is 19.5 Å². The monoisotopic (exact) mass is 271 g/mol. The Kier molecular flexibility index (Phi) is 5.59. The molecule has 2 atom stereocenters. The number of carboxylic acids is 1. The van der Waals surface area contributed by atoms with E-state index < -0.39 is 5.97 Å². The second kappa shape index (κ2) is 6.96. The van der Waals surface area contributed by atoms with E-state index in [-0.39, 0.29) is 30.4 Å². The van der Waals surface area contributed by atoms with Gasteiger partial charge in [0.2, 0.25) is 5.91 Å². The van der Waals surface area contributed by atoms with Crippen LogP contribution >= 0.6 is 0 Å². The highest BCUT2D eigenvalue weighted by Gasteiger charge is 2.24. The highest BCUT2D eigenvalue weighted by Crippen LogP contribution is 2.09. The SMILES string of the molecule is CCC(CC(=O)O)NC(=O)NC1CCC(=O)N(C)C1. The molecule has 7 heteroatoms. The summed E-state index contributed by atoms with van der Waals surface area (Å²) in [6, 6.07) is -0.827. The maximum Gasteiger partial charge on any atom is 0.315 e. The largest absolute Gasteiger partial charge is 0.481 e. The number of hydrogen-bond donors (Lipinski definition) is 3. The number of amides is 3. The first-order valence-electron chi connectivity index (χ1n) is 6.45. The smallest absolute Gasteiger partial charge is 0.315 e. The Balaban J connectivity index is 2.38. The molecular formula is C12H21N3O4. The molecule has 1 fully saturated rings. The molecule has 108 valence electrons. The molecule has 7 nitrogen and oxygen atoms in total. The molecule has 0 aromatic carbocycles. The van der Waals surface area contributed by atoms with E-state index in [1.54, 1.807) is 11.9 Å². The van der Waals surface area contributed by atoms with Gasteiger partial charge in [-0.15, -0.1) is 0 Å². The van der Waals surface area contributed by atoms with Crippen molar-refractivity contribution in [1.82, 2.24) is 15.5 Å². The first-order valence-corrected chi connectivity index (χ1v) is 6.45. The highest BCUT2D eigenvalue weighted by atomic mass is 16.4. The van der Waals surface area contributed by atoms with Crippen LogP contribution in [0.4, 0.5) is 4.79 Å². The zero-order chi connectivity index (χ0) is 14.4. The number of nitrogens with one attached hydrogen (secondary N) is 2. The molecule has 2 unspecified atom stereocenters. The van der Waals surface area contributed by atoms with Gasteiger partial charge in [0, 0.05) is 32.1 Å². The predicted molar refractivity (Wildman–Crippen MR) is 68.7 cm³/mol. The predicted octanol–water partition coefficient (Wildman–Crippen LogP) is 0.160. The second-order valence-electron chi connectivity index (χ2n) is 4.83. The Morgan fingerprint density at radius 1 is 1.53 bits per heavy atom. The van der Waals surface area contributed by atoms with Gasteiger partial charge in [-0.05, 0) is 12.8 Å². The van der Waals surface area contributed by atoms with Crippen molar-refractivity contribution in [3.05, 3.63) is 0 Å². The van der Waals surface area contributed by atoms with Crippen LogP contribution in [0.3, 0.4) is 0 Å². The van der Waals surface area contributed by atoms with Crippen molar-refractivity contribution in [1.29, 1.82) is 0 Å². The summed E-state index contributed by atoms with van der Waals surface area (Å²) in [6.07, 6.45) is 1.51. The molecule has 1 heterocycles. The fourth-order valence-corrected chi connectivity index (χ4v) is 2.05. The molecule has 0 aliphatic carbocycles. The number of carbonyl (C=O) groups excluding carboxylic acids is 2. The summed E-state index contributed by atoms with van der Waals surface area (Å²) in [6.45, 7) is 2.31. The number of nitrogens with zero attached hydrogens (tertiary/aromatic N) is 1. The lowest BCUT2D eigenvalue weighted by molar-refractivity contribution is -0.137. The summed E-state index contributed by atoms with van der Waals surface area (Å²) < 4.78 is 0. The Morgan fingerprint density at radius 3 is 2.74 bits per heavy atom. The second-order valence-corrected chi connectivity index (χ2v) is 4.83. The molecule has 3 amide bonds. The van der Waals surface area contributed by atoms with Crippen molar-refractivity contribution in [2.45, 2.75) is 44.7 Å². The fraction of sp³-hybridized carbons (Fsp3) is 0.750. The standard InChI is InChI=1S/C12H21N3O4/c1-3-8(6-11(17)18)13-12(19)14-9-4-5-10(16)15(2)7-9/h8-9H,3-7H2,1-2H3,(H,17,18)(H2,13,14,19). The third-order valence-electron chi connectivity index (χ3n) is 3.21. The van der Waals surface area contributed by atoms with E-state index in [1.165, 1.54) is 0 Å². The van der Waals surface area contributed by atoms with E-state index in [9.17, 15) is 14.4 Å². The number of aliphatic carboxylic acids is 1. The van der Waals surface area contributed by atoms with Gasteiger partial charge >= 0.3 is 12.0 Å². The van der Waals surface area contributed by atoms with E-state index in [0.717, 1.165) is 0 Å². The van der Waals surface area contributed by atoms with Gasteiger partial charge in [0.05, 0.1) is 6.42 Å². The van der Waals surface area contributed by atoms with Crippen LogP contribution in [0.25, 0.3) is 0 Å². The Labute approximate surface area is 112 Å². The molecule has 0 radical (unpaired) electrons. The summed E-state index contributed by atoms with van der Waals surface area (Å²) in [7, 11) is 1.70. The normalized spacial score (nSPS) is 20.8. The van der Waals surface area contributed by atoms with Crippen LogP contribution in [0, 0.1) is 0 Å². The van der Waals surface area contributed by atoms with Crippen LogP contribution in [0.1, 0.15) is 32.6 Å². The maximum absolute atomic E-state index is 11.7. The summed E-state index contributed by atoms with van der Waals surface area (Å²) in [4.78, 5) is 35.2. The van der Waals surface area contributed by atoms with E-state index >= 15 is 0 Å². The van der Waals surface area contributed by atoms with Crippen molar-refractivity contribution >= 4 is 17.9 Å². The number of carbonyl (C=O) groups is 3. The average Bonchev–Trinajstić information content (AvgIpc) is 2.32. The first-order chi connectivity index (χ1) is 8.92. The van der Waals surface area contributed by atoms with E-state index in [1.807, 2.05) is 6.92 Å². The number of carboxylic acid groups (broad SMARTS) is 1. The molecule has 0 aromatic rings. The molecule has 1 rings (SSSR count). The third kappa shape index (κ3) is 5.15. The third-order valence-corrected chi connectivity index (χ3v) is 3.21. The molecule has 0 spiro atoms. The summed E-state index contributed by atoms with van der Waals surface area (Å²) in [5, 5.41) is 14.1. The summed E-state index contributed by atoms with van der Waals surface area (Å²) in [5.74, 6) is -0.856. The lowest BCUT2D eigenvalue weighted by Crippen LogP contribution is -2.52. The molecule has 19 heavy (non-hydrogen) atoms. The average molecular weight is 271 g/mol. The van der Waals surface area contributed by atoms with Crippen molar-refractivity contribution in [3.8, 4) is 0 Å². The zero-order valence-electron chi connectivity index (χ0n) is 11.3. The minimum atomic E-state index is -0.935. The van der Waals surface area contributed by atoms with Crippen LogP contribution in [0.2, 0.25) is 0 Å². The Morgan fingerprint density at radius 2 is 2.21 bits per heavy atom. The molecule has 0 bridgehead atoms. The number of likely N-dealkylation sites (N-methyl/N-ethyl adjacent to an activating group) is 1. The van der Waals surface area contributed by atoms with Gasteiger partial charge < -0.3 is 20.6 Å². The van der Waals surface area contributed by atoms with E-state index in [0.29, 0.717) is 25.8 Å². The molecule has 0 saturated carbocycles. The number of piperidine rings is 1. The van der Waals surface area contributed by atoms with Gasteiger partial charge in [-0.3, -0.25) is 9.59 Å². The number of urea groups is 1. The van der Waals surface area contributed by atoms with Gasteiger partial charge in [0.1, 0.15) is 0 Å². The minimum absolute atomic E-state index is 0.0787. The quantitative estimate of drug-likeness (QED) is 0.663. The Hall–Kier alpha value is -1.79. The molecule has 3 N–H and O–H groups in total. The van der Waals surface area contributed by atoms with Crippen molar-refractivity contribution in [2.75, 3.05) is 13.6 Å². The van der Waals surface area contributed by atoms with Gasteiger partial charge in [0.15, 0.2) is 0 Å². The number of likely N-dealkylation sites (tertiary alicyclic amines) is 1. The van der Waals surface area contributed by atoms with Gasteiger partial charge in [-0.25, -0.2) is 4.79 Å². The number of rotatable bonds is 5. The minimum Gasteiger partial charge on any atom is -0.481 e. The lowest BCUT2D eigenvalue weighted by atomic mass is 10.1. The molecule has 1 saturated heterocycles. The molecule has 0 aromatic heterocycles. The molecule has 1 aliphatic heterocycles. The van der Waals surface area contributed by atoms with Crippen LogP contribution in [0.5, 0.6) is 0 Å². The first kappa shape index (κ1) is 15.3. The van der Waals surface area contributed by atoms with Gasteiger partial charge in [0.25, 0.3) is 0 Å². The lowest BCUT2D eigenvalue weighted by Gasteiger charge is -2.30. The van der Waals surface area contributed by atoms with Crippen molar-refractivity contribution in [2.24, 2.45) is 0 Å². The Bertz CT molecular complexity index is 359. The zero-order valence-corrected chi connectivity index (χ0v) is 11.3. The van der Waals surface area contributed by atoms with Crippen LogP contribution in [-0.4, -0.2) is 53.6 Å². The van der Waals surface area contributed by atoms with E-state index in [2.05, 4.69) is 10.6 Å². The van der Waals surface area contributed by atoms with E-state index in [4.69, 9.17) is 5.11 Å². The van der Waals surface area contributed by atoms with Gasteiger partial charge in [-0.2, -0.15) is 0 Å². The maximum atomic E-state index is 11.7. The van der Waals surface area contributed by atoms with Crippen molar-refractivity contribution in [3.63, 3.8) is 0 Å². The van der Waals surface area contributed by atoms with Crippen LogP contribution in [-0.2, 0) is 9.59 Å².